The summed E-state index contributed by atoms with van der Waals surface area (Å²) in [6, 6.07) is 15.6. The number of hydrogen-bond donors (Lipinski definition) is 3. The average Bonchev–Trinajstić information content (AvgIpc) is 2.67. The molecule has 0 fully saturated rings. The van der Waals surface area contributed by atoms with Gasteiger partial charge in [0.15, 0.2) is 0 Å². The number of carboxylic acid groups (broad SMARTS) is 1. The number of carboxylic acids is 1. The topological polar surface area (TPSA) is 98.7 Å². The summed E-state index contributed by atoms with van der Waals surface area (Å²) in [6.07, 6.45) is 0.834. The summed E-state index contributed by atoms with van der Waals surface area (Å²) >= 11 is 0. The maximum atomic E-state index is 12.7. The molecule has 0 spiro atoms. The molecule has 3 N–H and O–H groups in total. The van der Waals surface area contributed by atoms with Crippen LogP contribution in [0.5, 0.6) is 0 Å². The molecule has 2 aromatic carbocycles. The summed E-state index contributed by atoms with van der Waals surface area (Å²) in [4.78, 5) is 36.8. The van der Waals surface area contributed by atoms with Crippen LogP contribution >= 0.6 is 0 Å². The van der Waals surface area contributed by atoms with Gasteiger partial charge in [0.2, 0.25) is 0 Å². The monoisotopic (exact) mass is 383 g/mol. The van der Waals surface area contributed by atoms with Crippen LogP contribution in [0.3, 0.4) is 0 Å². The highest BCUT2D eigenvalue weighted by molar-refractivity contribution is 5.97. The number of carbonyl (C=O) groups excluding carboxylic acids is 2. The molecule has 0 heterocycles. The van der Waals surface area contributed by atoms with Crippen LogP contribution in [0.4, 0.5) is 10.5 Å². The van der Waals surface area contributed by atoms with Crippen molar-refractivity contribution in [2.24, 2.45) is 0 Å². The highest BCUT2D eigenvalue weighted by Gasteiger charge is 2.16. The Morgan fingerprint density at radius 2 is 1.75 bits per heavy atom. The van der Waals surface area contributed by atoms with Crippen molar-refractivity contribution in [3.63, 3.8) is 0 Å². The first-order chi connectivity index (χ1) is 13.3. The Balaban J connectivity index is 2.09. The smallest absolute Gasteiger partial charge is 0.321 e. The van der Waals surface area contributed by atoms with Crippen molar-refractivity contribution >= 4 is 23.6 Å². The maximum Gasteiger partial charge on any atom is 0.321 e. The van der Waals surface area contributed by atoms with Gasteiger partial charge in [-0.15, -0.1) is 0 Å². The molecule has 2 rings (SSSR count). The van der Waals surface area contributed by atoms with Crippen molar-refractivity contribution in [1.82, 2.24) is 10.2 Å². The largest absolute Gasteiger partial charge is 0.481 e. The number of benzene rings is 2. The van der Waals surface area contributed by atoms with E-state index in [2.05, 4.69) is 10.6 Å². The van der Waals surface area contributed by atoms with Crippen LogP contribution < -0.4 is 10.6 Å². The van der Waals surface area contributed by atoms with Crippen molar-refractivity contribution in [2.75, 3.05) is 19.4 Å². The van der Waals surface area contributed by atoms with Crippen LogP contribution in [0.25, 0.3) is 0 Å². The van der Waals surface area contributed by atoms with E-state index in [4.69, 9.17) is 5.11 Å². The molecule has 0 aliphatic carbocycles. The molecule has 2 aromatic rings. The Hall–Kier alpha value is -3.35. The van der Waals surface area contributed by atoms with Crippen LogP contribution in [-0.4, -0.2) is 48.1 Å². The number of hydrogen-bond acceptors (Lipinski definition) is 3. The molecule has 0 radical (unpaired) electrons. The summed E-state index contributed by atoms with van der Waals surface area (Å²) < 4.78 is 0. The second kappa shape index (κ2) is 10.1. The van der Waals surface area contributed by atoms with Crippen molar-refractivity contribution in [3.8, 4) is 0 Å². The van der Waals surface area contributed by atoms with E-state index in [-0.39, 0.29) is 24.4 Å². The Morgan fingerprint density at radius 3 is 2.39 bits per heavy atom. The number of carbonyl (C=O) groups is 3. The number of anilines is 1. The van der Waals surface area contributed by atoms with Crippen LogP contribution in [0, 0.1) is 0 Å². The molecule has 148 valence electrons. The van der Waals surface area contributed by atoms with E-state index in [1.165, 1.54) is 4.90 Å². The van der Waals surface area contributed by atoms with Crippen molar-refractivity contribution in [1.29, 1.82) is 0 Å². The van der Waals surface area contributed by atoms with Crippen molar-refractivity contribution in [2.45, 2.75) is 25.3 Å². The third kappa shape index (κ3) is 6.75. The van der Waals surface area contributed by atoms with Gasteiger partial charge in [0.1, 0.15) is 0 Å². The molecule has 0 saturated carbocycles. The number of aliphatic carboxylic acids is 1. The van der Waals surface area contributed by atoms with Gasteiger partial charge in [0.05, 0.1) is 0 Å². The standard InChI is InChI=1S/C21H25N3O4/c1-24(2)21(28)23-17-10-6-9-16(14-17)20(27)22-18(11-12-19(25)26)13-15-7-4-3-5-8-15/h3-10,14,18H,11-13H2,1-2H3,(H,22,27)(H,23,28)(H,25,26). The predicted molar refractivity (Wildman–Crippen MR) is 107 cm³/mol. The molecule has 0 aromatic heterocycles. The van der Waals surface area contributed by atoms with Crippen molar-refractivity contribution in [3.05, 3.63) is 65.7 Å². The maximum absolute atomic E-state index is 12.7. The van der Waals surface area contributed by atoms with E-state index < -0.39 is 5.97 Å². The van der Waals surface area contributed by atoms with Crippen LogP contribution in [-0.2, 0) is 11.2 Å². The molecular formula is C21H25N3O4. The molecule has 0 aliphatic rings. The fraction of sp³-hybridized carbons (Fsp3) is 0.286. The molecule has 7 nitrogen and oxygen atoms in total. The molecule has 0 aliphatic heterocycles. The van der Waals surface area contributed by atoms with Crippen LogP contribution in [0.2, 0.25) is 0 Å². The molecular weight excluding hydrogens is 358 g/mol. The Bertz CT molecular complexity index is 821. The molecule has 7 heteroatoms. The van der Waals surface area contributed by atoms with Crippen molar-refractivity contribution < 1.29 is 19.5 Å². The lowest BCUT2D eigenvalue weighted by Gasteiger charge is -2.19. The first-order valence-electron chi connectivity index (χ1n) is 9.00. The third-order valence-electron chi connectivity index (χ3n) is 4.15. The predicted octanol–water partition coefficient (Wildman–Crippen LogP) is 2.99. The minimum atomic E-state index is -0.902. The number of nitrogens with one attached hydrogen (secondary N) is 2. The fourth-order valence-electron chi connectivity index (χ4n) is 2.66. The zero-order valence-electron chi connectivity index (χ0n) is 16.0. The molecule has 0 saturated heterocycles. The average molecular weight is 383 g/mol. The van der Waals surface area contributed by atoms with Crippen LogP contribution in [0.15, 0.2) is 54.6 Å². The summed E-state index contributed by atoms with van der Waals surface area (Å²) in [5.74, 6) is -1.21. The first-order valence-corrected chi connectivity index (χ1v) is 9.00. The molecule has 1 atom stereocenters. The van der Waals surface area contributed by atoms with Gasteiger partial charge in [-0.25, -0.2) is 4.79 Å². The Morgan fingerprint density at radius 1 is 1.04 bits per heavy atom. The van der Waals surface area contributed by atoms with Gasteiger partial charge in [0.25, 0.3) is 5.91 Å². The number of urea groups is 1. The zero-order chi connectivity index (χ0) is 20.5. The summed E-state index contributed by atoms with van der Waals surface area (Å²) in [6.45, 7) is 0. The van der Waals surface area contributed by atoms with E-state index in [1.807, 2.05) is 30.3 Å². The summed E-state index contributed by atoms with van der Waals surface area (Å²) in [5, 5.41) is 14.6. The quantitative estimate of drug-likeness (QED) is 0.653. The second-order valence-electron chi connectivity index (χ2n) is 6.70. The highest BCUT2D eigenvalue weighted by Crippen LogP contribution is 2.13. The Kier molecular flexibility index (Phi) is 7.56. The molecule has 1 unspecified atom stereocenters. The highest BCUT2D eigenvalue weighted by atomic mass is 16.4. The molecule has 0 bridgehead atoms. The van der Waals surface area contributed by atoms with Gasteiger partial charge >= 0.3 is 12.0 Å². The van der Waals surface area contributed by atoms with E-state index in [9.17, 15) is 14.4 Å². The number of rotatable bonds is 8. The fourth-order valence-corrected chi connectivity index (χ4v) is 2.66. The second-order valence-corrected chi connectivity index (χ2v) is 6.70. The molecule has 28 heavy (non-hydrogen) atoms. The number of nitrogens with zero attached hydrogens (tertiary/aromatic N) is 1. The lowest BCUT2D eigenvalue weighted by Crippen LogP contribution is -2.37. The van der Waals surface area contributed by atoms with Gasteiger partial charge in [-0.05, 0) is 36.6 Å². The molecule has 3 amide bonds. The minimum Gasteiger partial charge on any atom is -0.481 e. The normalized spacial score (nSPS) is 11.4. The van der Waals surface area contributed by atoms with E-state index in [0.29, 0.717) is 24.1 Å². The van der Waals surface area contributed by atoms with E-state index in [1.54, 1.807) is 38.4 Å². The van der Waals surface area contributed by atoms with E-state index in [0.717, 1.165) is 5.56 Å². The van der Waals surface area contributed by atoms with E-state index >= 15 is 0 Å². The van der Waals surface area contributed by atoms with Crippen LogP contribution in [0.1, 0.15) is 28.8 Å². The zero-order valence-corrected chi connectivity index (χ0v) is 16.0. The SMILES string of the molecule is CN(C)C(=O)Nc1cccc(C(=O)NC(CCC(=O)O)Cc2ccccc2)c1. The Labute approximate surface area is 164 Å². The minimum absolute atomic E-state index is 0.0310. The third-order valence-corrected chi connectivity index (χ3v) is 4.15. The first kappa shape index (κ1) is 21.0. The summed E-state index contributed by atoms with van der Waals surface area (Å²) in [5.41, 5.74) is 1.92. The van der Waals surface area contributed by atoms with Gasteiger partial charge in [-0.3, -0.25) is 9.59 Å². The lowest BCUT2D eigenvalue weighted by molar-refractivity contribution is -0.137. The van der Waals surface area contributed by atoms with Gasteiger partial charge < -0.3 is 20.6 Å². The van der Waals surface area contributed by atoms with Gasteiger partial charge in [-0.2, -0.15) is 0 Å². The van der Waals surface area contributed by atoms with Gasteiger partial charge in [0, 0.05) is 37.8 Å². The number of amides is 3. The summed E-state index contributed by atoms with van der Waals surface area (Å²) in [7, 11) is 3.26. The van der Waals surface area contributed by atoms with Gasteiger partial charge in [-0.1, -0.05) is 36.4 Å². The lowest BCUT2D eigenvalue weighted by atomic mass is 10.0.